The molecule has 1 fully saturated rings. The summed E-state index contributed by atoms with van der Waals surface area (Å²) >= 11 is 0. The standard InChI is InChI=1S/C16H26N4O2S.HI/c1-16(2)9-10-20(12-16)15(17-3)19-11-13-5-7-14(8-6-13)23(21,22)18-4;/h5-8,18H,9-12H2,1-4H3,(H,17,19);1H. The van der Waals surface area contributed by atoms with Crippen molar-refractivity contribution in [1.82, 2.24) is 14.9 Å². The molecule has 0 atom stereocenters. The Morgan fingerprint density at radius 3 is 2.38 bits per heavy atom. The lowest BCUT2D eigenvalue weighted by Gasteiger charge is -2.23. The van der Waals surface area contributed by atoms with E-state index < -0.39 is 10.0 Å². The van der Waals surface area contributed by atoms with E-state index in [1.807, 2.05) is 12.1 Å². The molecule has 0 amide bonds. The summed E-state index contributed by atoms with van der Waals surface area (Å²) in [5.41, 5.74) is 1.33. The molecule has 2 N–H and O–H groups in total. The van der Waals surface area contributed by atoms with Crippen LogP contribution in [0.1, 0.15) is 25.8 Å². The molecule has 0 spiro atoms. The molecule has 1 heterocycles. The number of aliphatic imine (C=N–C) groups is 1. The highest BCUT2D eigenvalue weighted by Gasteiger charge is 2.30. The van der Waals surface area contributed by atoms with Crippen LogP contribution in [-0.4, -0.2) is 46.5 Å². The summed E-state index contributed by atoms with van der Waals surface area (Å²) in [6, 6.07) is 6.87. The molecule has 0 saturated carbocycles. The number of likely N-dealkylation sites (tertiary alicyclic amines) is 1. The van der Waals surface area contributed by atoms with Crippen molar-refractivity contribution in [2.24, 2.45) is 10.4 Å². The number of nitrogens with one attached hydrogen (secondary N) is 2. The Labute approximate surface area is 162 Å². The van der Waals surface area contributed by atoms with E-state index in [9.17, 15) is 8.42 Å². The maximum absolute atomic E-state index is 11.7. The van der Waals surface area contributed by atoms with Crippen LogP contribution >= 0.6 is 24.0 Å². The van der Waals surface area contributed by atoms with Gasteiger partial charge in [0.15, 0.2) is 5.96 Å². The van der Waals surface area contributed by atoms with Gasteiger partial charge in [-0.25, -0.2) is 13.1 Å². The Hall–Kier alpha value is -0.870. The van der Waals surface area contributed by atoms with Crippen LogP contribution in [0.5, 0.6) is 0 Å². The molecule has 136 valence electrons. The topological polar surface area (TPSA) is 73.8 Å². The van der Waals surface area contributed by atoms with Crippen molar-refractivity contribution in [3.05, 3.63) is 29.8 Å². The fourth-order valence-electron chi connectivity index (χ4n) is 2.71. The second kappa shape index (κ2) is 8.48. The minimum atomic E-state index is -3.38. The number of guanidine groups is 1. The van der Waals surface area contributed by atoms with E-state index in [4.69, 9.17) is 0 Å². The molecule has 8 heteroatoms. The van der Waals surface area contributed by atoms with Crippen molar-refractivity contribution in [1.29, 1.82) is 0 Å². The van der Waals surface area contributed by atoms with Crippen molar-refractivity contribution >= 4 is 40.0 Å². The van der Waals surface area contributed by atoms with Crippen LogP contribution in [0.25, 0.3) is 0 Å². The third kappa shape index (κ3) is 5.32. The molecule has 1 saturated heterocycles. The van der Waals surface area contributed by atoms with Crippen LogP contribution < -0.4 is 10.0 Å². The lowest BCUT2D eigenvalue weighted by Crippen LogP contribution is -2.40. The van der Waals surface area contributed by atoms with Gasteiger partial charge in [0, 0.05) is 26.7 Å². The number of rotatable bonds is 4. The summed E-state index contributed by atoms with van der Waals surface area (Å²) in [4.78, 5) is 6.88. The molecule has 0 unspecified atom stereocenters. The Morgan fingerprint density at radius 2 is 1.92 bits per heavy atom. The van der Waals surface area contributed by atoms with Crippen molar-refractivity contribution < 1.29 is 8.42 Å². The maximum Gasteiger partial charge on any atom is 0.240 e. The van der Waals surface area contributed by atoms with Gasteiger partial charge in [0.25, 0.3) is 0 Å². The fourth-order valence-corrected chi connectivity index (χ4v) is 3.44. The van der Waals surface area contributed by atoms with Crippen molar-refractivity contribution in [3.8, 4) is 0 Å². The lowest BCUT2D eigenvalue weighted by atomic mass is 9.93. The zero-order chi connectivity index (χ0) is 17.1. The van der Waals surface area contributed by atoms with Crippen LogP contribution in [0.4, 0.5) is 0 Å². The lowest BCUT2D eigenvalue weighted by molar-refractivity contribution is 0.370. The number of hydrogen-bond donors (Lipinski definition) is 2. The van der Waals surface area contributed by atoms with Gasteiger partial charge in [-0.1, -0.05) is 26.0 Å². The molecular weight excluding hydrogens is 439 g/mol. The van der Waals surface area contributed by atoms with Crippen LogP contribution in [0.3, 0.4) is 0 Å². The van der Waals surface area contributed by atoms with E-state index in [-0.39, 0.29) is 28.9 Å². The van der Waals surface area contributed by atoms with Crippen LogP contribution in [0.15, 0.2) is 34.2 Å². The Kier molecular flexibility index (Phi) is 7.48. The van der Waals surface area contributed by atoms with E-state index >= 15 is 0 Å². The molecule has 0 aromatic heterocycles. The van der Waals surface area contributed by atoms with E-state index in [1.165, 1.54) is 7.05 Å². The van der Waals surface area contributed by atoms with Gasteiger partial charge in [0.05, 0.1) is 4.90 Å². The summed E-state index contributed by atoms with van der Waals surface area (Å²) in [5.74, 6) is 0.891. The molecule has 1 aromatic rings. The molecule has 6 nitrogen and oxygen atoms in total. The van der Waals surface area contributed by atoms with E-state index in [1.54, 1.807) is 19.2 Å². The highest BCUT2D eigenvalue weighted by atomic mass is 127. The number of benzene rings is 1. The summed E-state index contributed by atoms with van der Waals surface area (Å²) in [5, 5.41) is 3.35. The van der Waals surface area contributed by atoms with Gasteiger partial charge in [-0.3, -0.25) is 4.99 Å². The van der Waals surface area contributed by atoms with Gasteiger partial charge in [0.2, 0.25) is 10.0 Å². The number of halogens is 1. The molecule has 1 aliphatic heterocycles. The van der Waals surface area contributed by atoms with E-state index in [0.717, 1.165) is 31.0 Å². The second-order valence-corrected chi connectivity index (χ2v) is 8.47. The molecular formula is C16H27IN4O2S. The third-order valence-corrected chi connectivity index (χ3v) is 5.57. The fraction of sp³-hybridized carbons (Fsp3) is 0.562. The molecule has 0 aliphatic carbocycles. The monoisotopic (exact) mass is 466 g/mol. The predicted molar refractivity (Wildman–Crippen MR) is 108 cm³/mol. The summed E-state index contributed by atoms with van der Waals surface area (Å²) < 4.78 is 25.7. The van der Waals surface area contributed by atoms with Crippen molar-refractivity contribution in [2.75, 3.05) is 27.2 Å². The maximum atomic E-state index is 11.7. The first-order valence-electron chi connectivity index (χ1n) is 7.75. The molecule has 2 rings (SSSR count). The summed E-state index contributed by atoms with van der Waals surface area (Å²) in [6.07, 6.45) is 1.16. The van der Waals surface area contributed by atoms with Gasteiger partial charge in [-0.05, 0) is 36.6 Å². The van der Waals surface area contributed by atoms with Gasteiger partial charge >= 0.3 is 0 Å². The molecule has 0 radical (unpaired) electrons. The smallest absolute Gasteiger partial charge is 0.240 e. The van der Waals surface area contributed by atoms with Gasteiger partial charge in [-0.15, -0.1) is 24.0 Å². The van der Waals surface area contributed by atoms with Crippen LogP contribution in [-0.2, 0) is 16.6 Å². The summed E-state index contributed by atoms with van der Waals surface area (Å²) in [6.45, 7) is 7.14. The zero-order valence-electron chi connectivity index (χ0n) is 14.7. The van der Waals surface area contributed by atoms with Gasteiger partial charge in [0.1, 0.15) is 0 Å². The highest BCUT2D eigenvalue weighted by Crippen LogP contribution is 2.28. The van der Waals surface area contributed by atoms with Crippen molar-refractivity contribution in [2.45, 2.75) is 31.7 Å². The third-order valence-electron chi connectivity index (χ3n) is 4.14. The Morgan fingerprint density at radius 1 is 1.29 bits per heavy atom. The average Bonchev–Trinajstić information content (AvgIpc) is 2.88. The normalized spacial score (nSPS) is 17.5. The first-order valence-corrected chi connectivity index (χ1v) is 9.24. The van der Waals surface area contributed by atoms with Crippen LogP contribution in [0, 0.1) is 5.41 Å². The number of hydrogen-bond acceptors (Lipinski definition) is 3. The van der Waals surface area contributed by atoms with Gasteiger partial charge < -0.3 is 10.2 Å². The highest BCUT2D eigenvalue weighted by molar-refractivity contribution is 14.0. The Bertz CT molecular complexity index is 672. The largest absolute Gasteiger partial charge is 0.352 e. The quantitative estimate of drug-likeness (QED) is 0.405. The predicted octanol–water partition coefficient (Wildman–Crippen LogP) is 2.02. The number of sulfonamides is 1. The molecule has 1 aromatic carbocycles. The average molecular weight is 466 g/mol. The minimum absolute atomic E-state index is 0. The van der Waals surface area contributed by atoms with Crippen molar-refractivity contribution in [3.63, 3.8) is 0 Å². The number of nitrogens with zero attached hydrogens (tertiary/aromatic N) is 2. The van der Waals surface area contributed by atoms with E-state index in [0.29, 0.717) is 12.0 Å². The minimum Gasteiger partial charge on any atom is -0.352 e. The second-order valence-electron chi connectivity index (χ2n) is 6.59. The Balaban J connectivity index is 0.00000288. The molecule has 1 aliphatic rings. The zero-order valence-corrected chi connectivity index (χ0v) is 17.8. The summed E-state index contributed by atoms with van der Waals surface area (Å²) in [7, 11) is -0.182. The molecule has 24 heavy (non-hydrogen) atoms. The molecule has 0 bridgehead atoms. The van der Waals surface area contributed by atoms with E-state index in [2.05, 4.69) is 33.8 Å². The van der Waals surface area contributed by atoms with Crippen LogP contribution in [0.2, 0.25) is 0 Å². The first-order chi connectivity index (χ1) is 10.8. The SMILES string of the molecule is CN=C(NCc1ccc(S(=O)(=O)NC)cc1)N1CCC(C)(C)C1.I. The van der Waals surface area contributed by atoms with Gasteiger partial charge in [-0.2, -0.15) is 0 Å². The first kappa shape index (κ1) is 21.2.